The minimum atomic E-state index is -0.160. The van der Waals surface area contributed by atoms with Crippen LogP contribution in [0.25, 0.3) is 5.69 Å². The average molecular weight is 366 g/mol. The third-order valence-electron chi connectivity index (χ3n) is 5.82. The Morgan fingerprint density at radius 3 is 2.30 bits per heavy atom. The molecule has 2 aromatic rings. The van der Waals surface area contributed by atoms with E-state index in [2.05, 4.69) is 29.1 Å². The summed E-state index contributed by atoms with van der Waals surface area (Å²) in [4.78, 5) is 31.9. The first-order valence-corrected chi connectivity index (χ1v) is 9.33. The quantitative estimate of drug-likeness (QED) is 0.626. The number of fused-ring (bicyclic) bond motifs is 1. The number of rotatable bonds is 5. The molecule has 1 aromatic heterocycles. The van der Waals surface area contributed by atoms with E-state index < -0.39 is 0 Å². The van der Waals surface area contributed by atoms with Gasteiger partial charge in [-0.2, -0.15) is 5.10 Å². The predicted octanol–water partition coefficient (Wildman–Crippen LogP) is 0.752. The monoisotopic (exact) mass is 366 g/mol. The first kappa shape index (κ1) is 17.6. The summed E-state index contributed by atoms with van der Waals surface area (Å²) in [6.07, 6.45) is 8.58. The minimum absolute atomic E-state index is 0.0116. The molecular formula is C20H24N5O2+. The number of amides is 2. The van der Waals surface area contributed by atoms with Crippen LogP contribution >= 0.6 is 0 Å². The highest BCUT2D eigenvalue weighted by Crippen LogP contribution is 2.34. The van der Waals surface area contributed by atoms with Crippen molar-refractivity contribution in [3.63, 3.8) is 0 Å². The fourth-order valence-corrected chi connectivity index (χ4v) is 3.95. The maximum Gasteiger partial charge on any atom is 0.237 e. The molecule has 0 spiro atoms. The van der Waals surface area contributed by atoms with Crippen molar-refractivity contribution in [1.29, 1.82) is 0 Å². The predicted molar refractivity (Wildman–Crippen MR) is 98.7 cm³/mol. The van der Waals surface area contributed by atoms with Crippen molar-refractivity contribution in [2.45, 2.75) is 25.8 Å². The summed E-state index contributed by atoms with van der Waals surface area (Å²) in [5.74, 6) is -0.343. The summed E-state index contributed by atoms with van der Waals surface area (Å²) in [6, 6.07) is 8.27. The average Bonchev–Trinajstić information content (AvgIpc) is 3.32. The number of imide groups is 1. The molecule has 7 heteroatoms. The second-order valence-electron chi connectivity index (χ2n) is 7.42. The number of allylic oxidation sites excluding steroid dienone is 2. The van der Waals surface area contributed by atoms with Gasteiger partial charge in [0.2, 0.25) is 11.8 Å². The summed E-state index contributed by atoms with van der Waals surface area (Å²) in [6.45, 7) is 2.51. The Kier molecular flexibility index (Phi) is 4.61. The number of benzene rings is 1. The van der Waals surface area contributed by atoms with Gasteiger partial charge >= 0.3 is 0 Å². The zero-order valence-corrected chi connectivity index (χ0v) is 15.6. The molecule has 2 aliphatic rings. The number of nitrogens with one attached hydrogen (secondary N) is 1. The van der Waals surface area contributed by atoms with Crippen molar-refractivity contribution < 1.29 is 14.5 Å². The number of carbonyl (C=O) groups is 2. The van der Waals surface area contributed by atoms with Crippen molar-refractivity contribution in [2.75, 3.05) is 13.7 Å². The van der Waals surface area contributed by atoms with E-state index in [-0.39, 0.29) is 29.7 Å². The van der Waals surface area contributed by atoms with Gasteiger partial charge in [-0.05, 0) is 31.9 Å². The lowest BCUT2D eigenvalue weighted by molar-refractivity contribution is -0.917. The van der Waals surface area contributed by atoms with Gasteiger partial charge in [0, 0.05) is 5.56 Å². The summed E-state index contributed by atoms with van der Waals surface area (Å²) < 4.78 is 1.71. The molecule has 0 bridgehead atoms. The minimum Gasteiger partial charge on any atom is -0.314 e. The molecule has 2 amide bonds. The van der Waals surface area contributed by atoms with Crippen LogP contribution in [0.4, 0.5) is 0 Å². The third-order valence-corrected chi connectivity index (χ3v) is 5.82. The fraction of sp³-hybridized carbons (Fsp3) is 0.400. The first-order valence-electron chi connectivity index (χ1n) is 9.33. The number of nitrogens with zero attached hydrogens (tertiary/aromatic N) is 4. The van der Waals surface area contributed by atoms with E-state index in [0.29, 0.717) is 19.5 Å². The molecule has 140 valence electrons. The number of hydrogen-bond acceptors (Lipinski definition) is 4. The lowest BCUT2D eigenvalue weighted by Gasteiger charge is -2.26. The summed E-state index contributed by atoms with van der Waals surface area (Å²) in [7, 11) is 2.02. The number of carbonyl (C=O) groups excluding carboxylic acids is 2. The van der Waals surface area contributed by atoms with Crippen LogP contribution in [0.5, 0.6) is 0 Å². The van der Waals surface area contributed by atoms with E-state index in [0.717, 1.165) is 16.2 Å². The molecule has 4 atom stereocenters. The largest absolute Gasteiger partial charge is 0.314 e. The van der Waals surface area contributed by atoms with Crippen molar-refractivity contribution in [2.24, 2.45) is 11.8 Å². The molecule has 7 nitrogen and oxygen atoms in total. The Balaban J connectivity index is 1.44. The smallest absolute Gasteiger partial charge is 0.237 e. The maximum absolute atomic E-state index is 12.7. The molecule has 1 fully saturated rings. The second kappa shape index (κ2) is 7.08. The van der Waals surface area contributed by atoms with Crippen LogP contribution in [0.15, 0.2) is 49.1 Å². The summed E-state index contributed by atoms with van der Waals surface area (Å²) in [5.41, 5.74) is 2.09. The van der Waals surface area contributed by atoms with Gasteiger partial charge in [0.25, 0.3) is 0 Å². The molecule has 0 radical (unpaired) electrons. The summed E-state index contributed by atoms with van der Waals surface area (Å²) in [5, 5.41) is 4.13. The Morgan fingerprint density at radius 1 is 1.11 bits per heavy atom. The van der Waals surface area contributed by atoms with Crippen LogP contribution in [-0.2, 0) is 9.59 Å². The van der Waals surface area contributed by atoms with E-state index in [9.17, 15) is 9.59 Å². The number of likely N-dealkylation sites (tertiary alicyclic amines) is 1. The van der Waals surface area contributed by atoms with E-state index in [4.69, 9.17) is 0 Å². The zero-order chi connectivity index (χ0) is 19.0. The van der Waals surface area contributed by atoms with Gasteiger partial charge in [-0.25, -0.2) is 14.6 Å². The van der Waals surface area contributed by atoms with Gasteiger partial charge < -0.3 is 4.90 Å². The molecule has 1 aliphatic heterocycles. The Hall–Kier alpha value is -2.80. The molecular weight excluding hydrogens is 342 g/mol. The Bertz CT molecular complexity index is 833. The van der Waals surface area contributed by atoms with E-state index in [1.807, 2.05) is 31.3 Å². The van der Waals surface area contributed by atoms with Crippen LogP contribution in [0.3, 0.4) is 0 Å². The fourth-order valence-electron chi connectivity index (χ4n) is 3.95. The number of aromatic nitrogens is 3. The summed E-state index contributed by atoms with van der Waals surface area (Å²) >= 11 is 0. The van der Waals surface area contributed by atoms with Crippen LogP contribution in [-0.4, -0.2) is 45.2 Å². The molecule has 1 aliphatic carbocycles. The van der Waals surface area contributed by atoms with E-state index in [1.165, 1.54) is 11.2 Å². The van der Waals surface area contributed by atoms with Crippen molar-refractivity contribution in [3.05, 3.63) is 54.6 Å². The first-order chi connectivity index (χ1) is 13.1. The highest BCUT2D eigenvalue weighted by molar-refractivity contribution is 6.05. The maximum atomic E-state index is 12.7. The molecule has 4 rings (SSSR count). The zero-order valence-electron chi connectivity index (χ0n) is 15.6. The topological polar surface area (TPSA) is 72.5 Å². The van der Waals surface area contributed by atoms with E-state index >= 15 is 0 Å². The second-order valence-corrected chi connectivity index (χ2v) is 7.42. The standard InChI is InChI=1S/C20H23N5O2/c1-14(15-7-9-16(10-8-15)25-12-21-11-22-25)23(2)13-24-19(26)17-5-3-4-6-18(17)20(24)27/h3-4,7-12,14,17-18H,5-6,13H2,1-2H3/p+1/t14-,17-,18+/m0/s1. The van der Waals surface area contributed by atoms with Crippen molar-refractivity contribution >= 4 is 11.8 Å². The number of quaternary nitrogens is 1. The normalized spacial score (nSPS) is 24.1. The Labute approximate surface area is 158 Å². The Morgan fingerprint density at radius 2 is 1.74 bits per heavy atom. The van der Waals surface area contributed by atoms with Crippen molar-refractivity contribution in [1.82, 2.24) is 19.7 Å². The lowest BCUT2D eigenvalue weighted by Crippen LogP contribution is -3.10. The molecule has 0 saturated carbocycles. The van der Waals surface area contributed by atoms with Crippen LogP contribution < -0.4 is 4.90 Å². The highest BCUT2D eigenvalue weighted by atomic mass is 16.2. The lowest BCUT2D eigenvalue weighted by atomic mass is 9.85. The molecule has 1 saturated heterocycles. The van der Waals surface area contributed by atoms with Gasteiger partial charge in [0.1, 0.15) is 18.7 Å². The van der Waals surface area contributed by atoms with Gasteiger partial charge in [0.15, 0.2) is 6.67 Å². The van der Waals surface area contributed by atoms with Gasteiger partial charge in [-0.3, -0.25) is 9.59 Å². The molecule has 1 aromatic carbocycles. The van der Waals surface area contributed by atoms with E-state index in [1.54, 1.807) is 11.0 Å². The molecule has 1 N–H and O–H groups in total. The van der Waals surface area contributed by atoms with Crippen LogP contribution in [0.2, 0.25) is 0 Å². The SMILES string of the molecule is C[C@@H](c1ccc(-n2cncn2)cc1)[NH+](C)CN1C(=O)[C@H]2CC=CC[C@H]2C1=O. The van der Waals surface area contributed by atoms with Crippen molar-refractivity contribution in [3.8, 4) is 5.69 Å². The van der Waals surface area contributed by atoms with Gasteiger partial charge in [-0.15, -0.1) is 0 Å². The molecule has 2 heterocycles. The number of hydrogen-bond donors (Lipinski definition) is 1. The van der Waals surface area contributed by atoms with Crippen LogP contribution in [0, 0.1) is 11.8 Å². The molecule has 1 unspecified atom stereocenters. The van der Waals surface area contributed by atoms with Gasteiger partial charge in [0.05, 0.1) is 24.6 Å². The third kappa shape index (κ3) is 3.19. The molecule has 27 heavy (non-hydrogen) atoms. The van der Waals surface area contributed by atoms with Gasteiger partial charge in [-0.1, -0.05) is 24.3 Å². The van der Waals surface area contributed by atoms with Crippen LogP contribution in [0.1, 0.15) is 31.4 Å². The highest BCUT2D eigenvalue weighted by Gasteiger charge is 2.48.